The molecule has 0 aliphatic carbocycles. The molecule has 2 heterocycles. The lowest BCUT2D eigenvalue weighted by atomic mass is 9.85. The molecule has 5 amide bonds. The predicted octanol–water partition coefficient (Wildman–Crippen LogP) is 3.76. The van der Waals surface area contributed by atoms with Crippen molar-refractivity contribution in [1.82, 2.24) is 15.1 Å². The first kappa shape index (κ1) is 30.5. The van der Waals surface area contributed by atoms with Crippen LogP contribution in [-0.2, 0) is 15.8 Å². The Morgan fingerprint density at radius 1 is 1.00 bits per heavy atom. The Bertz CT molecular complexity index is 1430. The number of benzene rings is 2. The maximum atomic E-state index is 14.3. The highest BCUT2D eigenvalue weighted by atomic mass is 19.4. The predicted molar refractivity (Wildman–Crippen MR) is 140 cm³/mol. The van der Waals surface area contributed by atoms with Gasteiger partial charge in [-0.15, -0.1) is 0 Å². The minimum atomic E-state index is -4.81. The molecule has 2 aromatic rings. The van der Waals surface area contributed by atoms with Gasteiger partial charge in [0.25, 0.3) is 11.8 Å². The van der Waals surface area contributed by atoms with Crippen LogP contribution in [0.2, 0.25) is 0 Å². The van der Waals surface area contributed by atoms with E-state index >= 15 is 0 Å². The second-order valence-electron chi connectivity index (χ2n) is 10.6. The Hall–Kier alpha value is -4.49. The molecule has 2 aliphatic rings. The topological polar surface area (TPSA) is 127 Å². The number of carboxylic acids is 1. The number of carbonyl (C=O) groups is 5. The smallest absolute Gasteiger partial charge is 0.416 e. The van der Waals surface area contributed by atoms with Crippen LogP contribution in [0, 0.1) is 11.7 Å². The summed E-state index contributed by atoms with van der Waals surface area (Å²) in [5.41, 5.74) is -3.12. The molecule has 1 unspecified atom stereocenters. The van der Waals surface area contributed by atoms with Crippen LogP contribution in [0.1, 0.15) is 53.0 Å². The van der Waals surface area contributed by atoms with Crippen LogP contribution in [0.15, 0.2) is 42.5 Å². The van der Waals surface area contributed by atoms with Gasteiger partial charge in [0.2, 0.25) is 5.91 Å². The Labute approximate surface area is 237 Å². The second-order valence-corrected chi connectivity index (χ2v) is 10.6. The van der Waals surface area contributed by atoms with Crippen LogP contribution in [-0.4, -0.2) is 76.3 Å². The van der Waals surface area contributed by atoms with Crippen molar-refractivity contribution in [3.63, 3.8) is 0 Å². The van der Waals surface area contributed by atoms with E-state index in [1.807, 2.05) is 0 Å². The number of alkyl halides is 3. The molecule has 4 rings (SSSR count). The van der Waals surface area contributed by atoms with Gasteiger partial charge >= 0.3 is 18.2 Å². The molecule has 0 bridgehead atoms. The van der Waals surface area contributed by atoms with E-state index in [0.717, 1.165) is 4.90 Å². The molecule has 2 fully saturated rings. The Morgan fingerprint density at radius 2 is 1.60 bits per heavy atom. The lowest BCUT2D eigenvalue weighted by Crippen LogP contribution is -2.60. The van der Waals surface area contributed by atoms with Crippen molar-refractivity contribution in [3.05, 3.63) is 65.0 Å². The van der Waals surface area contributed by atoms with Crippen LogP contribution in [0.3, 0.4) is 0 Å². The van der Waals surface area contributed by atoms with Crippen LogP contribution in [0.25, 0.3) is 0 Å². The van der Waals surface area contributed by atoms with Gasteiger partial charge in [-0.05, 0) is 61.2 Å². The third kappa shape index (κ3) is 5.40. The molecule has 0 saturated carbocycles. The lowest BCUT2D eigenvalue weighted by molar-refractivity contribution is -0.139. The van der Waals surface area contributed by atoms with Gasteiger partial charge in [-0.1, -0.05) is 13.8 Å². The average Bonchev–Trinajstić information content (AvgIpc) is 3.11. The van der Waals surface area contributed by atoms with E-state index in [2.05, 4.69) is 5.32 Å². The molecule has 0 aromatic heterocycles. The van der Waals surface area contributed by atoms with E-state index in [1.165, 1.54) is 41.1 Å². The molecule has 2 aromatic carbocycles. The van der Waals surface area contributed by atoms with Gasteiger partial charge in [0.15, 0.2) is 0 Å². The number of hydrogen-bond donors (Lipinski definition) is 2. The van der Waals surface area contributed by atoms with Crippen molar-refractivity contribution in [1.29, 1.82) is 0 Å². The van der Waals surface area contributed by atoms with Gasteiger partial charge in [0, 0.05) is 25.8 Å². The van der Waals surface area contributed by atoms with Gasteiger partial charge < -0.3 is 15.3 Å². The van der Waals surface area contributed by atoms with E-state index in [1.54, 1.807) is 13.8 Å². The maximum Gasteiger partial charge on any atom is 0.416 e. The van der Waals surface area contributed by atoms with Gasteiger partial charge in [0.05, 0.1) is 16.7 Å². The number of piperidine rings is 1. The zero-order chi connectivity index (χ0) is 31.1. The minimum absolute atomic E-state index is 0.00753. The number of nitrogens with one attached hydrogen (secondary N) is 1. The fourth-order valence-electron chi connectivity index (χ4n) is 5.28. The Kier molecular flexibility index (Phi) is 8.03. The number of aromatic carboxylic acids is 1. The zero-order valence-electron chi connectivity index (χ0n) is 22.9. The first-order chi connectivity index (χ1) is 19.6. The van der Waals surface area contributed by atoms with Gasteiger partial charge in [-0.3, -0.25) is 24.2 Å². The van der Waals surface area contributed by atoms with Crippen LogP contribution >= 0.6 is 0 Å². The molecule has 224 valence electrons. The van der Waals surface area contributed by atoms with Gasteiger partial charge in [-0.2, -0.15) is 13.2 Å². The molecule has 2 saturated heterocycles. The van der Waals surface area contributed by atoms with Crippen LogP contribution in [0.5, 0.6) is 0 Å². The lowest BCUT2D eigenvalue weighted by Gasteiger charge is -2.43. The molecule has 14 heteroatoms. The van der Waals surface area contributed by atoms with Crippen molar-refractivity contribution in [2.24, 2.45) is 5.92 Å². The number of urea groups is 1. The number of likely N-dealkylation sites (tertiary alicyclic amines) is 1. The number of imide groups is 1. The standard InChI is InChI=1S/C28H28F4N4O6/c1-15(2)21(33-22(37)19-14-17(28(30,31)32)6-9-20(19)29)23(38)35-12-10-27(11-13-35)25(41)34(3)26(42)36(27)18-7-4-16(5-8-18)24(39)40/h4-9,14-15,21H,10-13H2,1-3H3,(H,33,37)(H,39,40). The number of halogens is 4. The summed E-state index contributed by atoms with van der Waals surface area (Å²) >= 11 is 0. The number of amides is 5. The SMILES string of the molecule is CC(C)C(NC(=O)c1cc(C(F)(F)F)ccc1F)C(=O)N1CCC2(CC1)C(=O)N(C)C(=O)N2c1ccc(C(=O)O)cc1. The summed E-state index contributed by atoms with van der Waals surface area (Å²) in [5.74, 6) is -5.13. The van der Waals surface area contributed by atoms with Crippen LogP contribution in [0.4, 0.5) is 28.0 Å². The summed E-state index contributed by atoms with van der Waals surface area (Å²) in [6, 6.07) is 5.06. The van der Waals surface area contributed by atoms with E-state index in [-0.39, 0.29) is 31.5 Å². The van der Waals surface area contributed by atoms with E-state index in [4.69, 9.17) is 0 Å². The highest BCUT2D eigenvalue weighted by molar-refractivity contribution is 6.17. The number of likely N-dealkylation sites (N-methyl/N-ethyl adjacent to an activating group) is 1. The van der Waals surface area contributed by atoms with Crippen molar-refractivity contribution < 1.29 is 46.6 Å². The largest absolute Gasteiger partial charge is 0.478 e. The van der Waals surface area contributed by atoms with Crippen molar-refractivity contribution >= 4 is 35.4 Å². The molecular formula is C28H28F4N4O6. The van der Waals surface area contributed by atoms with Crippen LogP contribution < -0.4 is 10.2 Å². The molecule has 10 nitrogen and oxygen atoms in total. The molecular weight excluding hydrogens is 564 g/mol. The van der Waals surface area contributed by atoms with Crippen molar-refractivity contribution in [3.8, 4) is 0 Å². The molecule has 2 aliphatic heterocycles. The molecule has 1 spiro atoms. The van der Waals surface area contributed by atoms with Gasteiger partial charge in [0.1, 0.15) is 17.4 Å². The quantitative estimate of drug-likeness (QED) is 0.389. The number of carboxylic acid groups (broad SMARTS) is 1. The summed E-state index contributed by atoms with van der Waals surface area (Å²) in [7, 11) is 1.33. The monoisotopic (exact) mass is 592 g/mol. The number of rotatable bonds is 6. The average molecular weight is 593 g/mol. The molecule has 1 atom stereocenters. The summed E-state index contributed by atoms with van der Waals surface area (Å²) in [6.45, 7) is 3.19. The second kappa shape index (κ2) is 11.1. The van der Waals surface area contributed by atoms with Crippen molar-refractivity contribution in [2.45, 2.75) is 44.4 Å². The highest BCUT2D eigenvalue weighted by Crippen LogP contribution is 2.40. The Morgan fingerprint density at radius 3 is 2.12 bits per heavy atom. The summed E-state index contributed by atoms with van der Waals surface area (Å²) in [6.07, 6.45) is -4.76. The fourth-order valence-corrected chi connectivity index (χ4v) is 5.28. The van der Waals surface area contributed by atoms with E-state index < -0.39 is 70.3 Å². The molecule has 0 radical (unpaired) electrons. The third-order valence-corrected chi connectivity index (χ3v) is 7.64. The number of nitrogens with zero attached hydrogens (tertiary/aromatic N) is 3. The summed E-state index contributed by atoms with van der Waals surface area (Å²) in [5, 5.41) is 11.5. The van der Waals surface area contributed by atoms with E-state index in [0.29, 0.717) is 23.9 Å². The first-order valence-corrected chi connectivity index (χ1v) is 13.0. The minimum Gasteiger partial charge on any atom is -0.478 e. The number of carbonyl (C=O) groups excluding carboxylic acids is 4. The number of anilines is 1. The Balaban J connectivity index is 1.53. The first-order valence-electron chi connectivity index (χ1n) is 13.0. The zero-order valence-corrected chi connectivity index (χ0v) is 22.9. The fraction of sp³-hybridized carbons (Fsp3) is 0.393. The summed E-state index contributed by atoms with van der Waals surface area (Å²) < 4.78 is 53.7. The van der Waals surface area contributed by atoms with E-state index in [9.17, 15) is 46.6 Å². The van der Waals surface area contributed by atoms with Crippen molar-refractivity contribution in [2.75, 3.05) is 25.0 Å². The molecule has 42 heavy (non-hydrogen) atoms. The normalized spacial score (nSPS) is 17.7. The summed E-state index contributed by atoms with van der Waals surface area (Å²) in [4.78, 5) is 67.6. The third-order valence-electron chi connectivity index (χ3n) is 7.64. The highest BCUT2D eigenvalue weighted by Gasteiger charge is 2.58. The van der Waals surface area contributed by atoms with Gasteiger partial charge in [-0.25, -0.2) is 14.0 Å². The maximum absolute atomic E-state index is 14.3. The number of hydrogen-bond acceptors (Lipinski definition) is 5. The molecule has 2 N–H and O–H groups in total.